The van der Waals surface area contributed by atoms with Crippen LogP contribution in [0.4, 0.5) is 0 Å². The summed E-state index contributed by atoms with van der Waals surface area (Å²) in [6.07, 6.45) is 3.24. The summed E-state index contributed by atoms with van der Waals surface area (Å²) >= 11 is 0. The molecule has 1 aromatic rings. The minimum atomic E-state index is -0.605. The number of carbonyl (C=O) groups is 1. The van der Waals surface area contributed by atoms with Gasteiger partial charge < -0.3 is 10.1 Å². The molecule has 4 heteroatoms. The molecule has 0 N–H and O–H groups in total. The average Bonchev–Trinajstić information content (AvgIpc) is 2.21. The molecular weight excluding hydrogens is 180 g/mol. The van der Waals surface area contributed by atoms with Crippen LogP contribution in [0.2, 0.25) is 0 Å². The highest BCUT2D eigenvalue weighted by Crippen LogP contribution is 1.92. The van der Waals surface area contributed by atoms with Gasteiger partial charge in [-0.1, -0.05) is 6.07 Å². The van der Waals surface area contributed by atoms with Crippen molar-refractivity contribution >= 4 is 17.5 Å². The Labute approximate surface area is 82.0 Å². The summed E-state index contributed by atoms with van der Waals surface area (Å²) in [4.78, 5) is 11.3. The third kappa shape index (κ3) is 2.28. The zero-order chi connectivity index (χ0) is 10.4. The summed E-state index contributed by atoms with van der Waals surface area (Å²) in [5.41, 5.74) is -0.0348. The van der Waals surface area contributed by atoms with Gasteiger partial charge in [0.2, 0.25) is 0 Å². The lowest BCUT2D eigenvalue weighted by molar-refractivity contribution is -0.576. The quantitative estimate of drug-likeness (QED) is 0.303. The Balaban J connectivity index is 2.96. The van der Waals surface area contributed by atoms with Gasteiger partial charge in [0, 0.05) is 12.1 Å². The Hall–Kier alpha value is -1.93. The van der Waals surface area contributed by atoms with Crippen LogP contribution >= 0.6 is 0 Å². The van der Waals surface area contributed by atoms with Crippen LogP contribution in [-0.2, 0) is 9.53 Å². The number of esters is 1. The predicted molar refractivity (Wildman–Crippen MR) is 51.3 cm³/mol. The van der Waals surface area contributed by atoms with Crippen LogP contribution < -0.4 is 4.57 Å². The second kappa shape index (κ2) is 4.94. The zero-order valence-corrected chi connectivity index (χ0v) is 7.80. The van der Waals surface area contributed by atoms with Gasteiger partial charge in [0.15, 0.2) is 12.4 Å². The first-order chi connectivity index (χ1) is 6.79. The van der Waals surface area contributed by atoms with Crippen molar-refractivity contribution in [2.45, 2.75) is 6.92 Å². The molecule has 0 unspecified atom stereocenters. The van der Waals surface area contributed by atoms with Crippen molar-refractivity contribution in [1.82, 2.24) is 0 Å². The van der Waals surface area contributed by atoms with E-state index in [2.05, 4.69) is 0 Å². The molecule has 0 aliphatic rings. The van der Waals surface area contributed by atoms with E-state index >= 15 is 0 Å². The van der Waals surface area contributed by atoms with E-state index in [1.807, 2.05) is 5.87 Å². The molecule has 0 saturated heterocycles. The van der Waals surface area contributed by atoms with Crippen LogP contribution in [0.3, 0.4) is 0 Å². The molecule has 0 aliphatic heterocycles. The number of nitrogens with zero attached hydrogens (tertiary/aromatic N) is 2. The predicted octanol–water partition coefficient (Wildman–Crippen LogP) is 0.617. The Morgan fingerprint density at radius 3 is 2.57 bits per heavy atom. The molecule has 1 heterocycles. The van der Waals surface area contributed by atoms with E-state index in [1.165, 1.54) is 4.57 Å². The van der Waals surface area contributed by atoms with Crippen molar-refractivity contribution < 1.29 is 14.1 Å². The lowest BCUT2D eigenvalue weighted by Gasteiger charge is -1.99. The highest BCUT2D eigenvalue weighted by atomic mass is 16.5. The summed E-state index contributed by atoms with van der Waals surface area (Å²) in [5, 5.41) is 8.77. The molecule has 0 fully saturated rings. The van der Waals surface area contributed by atoms with E-state index in [0.717, 1.165) is 0 Å². The number of aromatic nitrogens is 1. The Kier molecular flexibility index (Phi) is 3.58. The van der Waals surface area contributed by atoms with Crippen LogP contribution in [0, 0.1) is 0 Å². The molecule has 0 bridgehead atoms. The maximum absolute atomic E-state index is 11.3. The summed E-state index contributed by atoms with van der Waals surface area (Å²) < 4.78 is 6.16. The van der Waals surface area contributed by atoms with Crippen LogP contribution in [0.25, 0.3) is 11.1 Å². The summed E-state index contributed by atoms with van der Waals surface area (Å²) in [7, 11) is 0. The SMILES string of the molecule is CCOC(=O)C(=C=[N-])[n+]1ccccc1. The summed E-state index contributed by atoms with van der Waals surface area (Å²) in [6, 6.07) is 5.27. The smallest absolute Gasteiger partial charge is 0.411 e. The molecule has 0 atom stereocenters. The number of carbonyl (C=O) groups excluding carboxylic acids is 1. The molecule has 4 nitrogen and oxygen atoms in total. The Morgan fingerprint density at radius 2 is 2.07 bits per heavy atom. The van der Waals surface area contributed by atoms with Gasteiger partial charge in [0.25, 0.3) is 0 Å². The lowest BCUT2D eigenvalue weighted by Crippen LogP contribution is -2.36. The van der Waals surface area contributed by atoms with Crippen molar-refractivity contribution in [3.8, 4) is 0 Å². The van der Waals surface area contributed by atoms with Gasteiger partial charge in [-0.2, -0.15) is 10.4 Å². The van der Waals surface area contributed by atoms with Gasteiger partial charge >= 0.3 is 11.7 Å². The molecular formula is C10H10N2O2. The number of hydrogen-bond acceptors (Lipinski definition) is 2. The standard InChI is InChI=1S/C10H10N2O2/c1-2-14-10(13)9(8-11)12-6-4-3-5-7-12/h3-7H,2H2,1H3. The Bertz CT molecular complexity index is 367. The second-order valence-electron chi connectivity index (χ2n) is 2.46. The van der Waals surface area contributed by atoms with Crippen LogP contribution in [0.15, 0.2) is 30.6 Å². The van der Waals surface area contributed by atoms with Crippen LogP contribution in [0.5, 0.6) is 0 Å². The van der Waals surface area contributed by atoms with Crippen molar-refractivity contribution in [2.75, 3.05) is 6.61 Å². The first-order valence-electron chi connectivity index (χ1n) is 4.20. The largest absolute Gasteiger partial charge is 0.757 e. The van der Waals surface area contributed by atoms with Gasteiger partial charge in [-0.3, -0.25) is 0 Å². The van der Waals surface area contributed by atoms with E-state index in [-0.39, 0.29) is 12.3 Å². The molecule has 1 rings (SSSR count). The summed E-state index contributed by atoms with van der Waals surface area (Å²) in [6.45, 7) is 1.96. The second-order valence-corrected chi connectivity index (χ2v) is 2.46. The molecule has 0 amide bonds. The van der Waals surface area contributed by atoms with E-state index in [1.54, 1.807) is 37.5 Å². The van der Waals surface area contributed by atoms with Crippen molar-refractivity contribution in [1.29, 1.82) is 0 Å². The molecule has 72 valence electrons. The fraction of sp³-hybridized carbons (Fsp3) is 0.200. The summed E-state index contributed by atoms with van der Waals surface area (Å²) in [5.74, 6) is 1.20. The van der Waals surface area contributed by atoms with Gasteiger partial charge in [-0.05, 0) is 6.92 Å². The molecule has 0 saturated carbocycles. The first kappa shape index (κ1) is 10.2. The highest BCUT2D eigenvalue weighted by Gasteiger charge is 2.18. The Morgan fingerprint density at radius 1 is 1.43 bits per heavy atom. The van der Waals surface area contributed by atoms with E-state index in [9.17, 15) is 4.79 Å². The minimum Gasteiger partial charge on any atom is -0.757 e. The molecule has 14 heavy (non-hydrogen) atoms. The fourth-order valence-corrected chi connectivity index (χ4v) is 0.956. The lowest BCUT2D eigenvalue weighted by atomic mass is 10.4. The highest BCUT2D eigenvalue weighted by molar-refractivity contribution is 6.16. The maximum atomic E-state index is 11.3. The van der Waals surface area contributed by atoms with Crippen LogP contribution in [-0.4, -0.2) is 18.4 Å². The van der Waals surface area contributed by atoms with Crippen molar-refractivity contribution in [3.63, 3.8) is 0 Å². The van der Waals surface area contributed by atoms with E-state index in [4.69, 9.17) is 10.1 Å². The minimum absolute atomic E-state index is 0.0348. The molecule has 1 aromatic heterocycles. The first-order valence-corrected chi connectivity index (χ1v) is 4.20. The number of hydrogen-bond donors (Lipinski definition) is 0. The van der Waals surface area contributed by atoms with E-state index in [0.29, 0.717) is 0 Å². The molecule has 0 aliphatic carbocycles. The van der Waals surface area contributed by atoms with Gasteiger partial charge in [-0.15, -0.1) is 0 Å². The van der Waals surface area contributed by atoms with Crippen molar-refractivity contribution in [2.24, 2.45) is 0 Å². The fourth-order valence-electron chi connectivity index (χ4n) is 0.956. The third-order valence-corrected chi connectivity index (χ3v) is 1.55. The third-order valence-electron chi connectivity index (χ3n) is 1.55. The zero-order valence-electron chi connectivity index (χ0n) is 7.80. The average molecular weight is 190 g/mol. The normalized spacial score (nSPS) is 8.93. The van der Waals surface area contributed by atoms with Crippen LogP contribution in [0.1, 0.15) is 6.92 Å². The van der Waals surface area contributed by atoms with Gasteiger partial charge in [0.05, 0.1) is 6.61 Å². The number of ether oxygens (including phenoxy) is 1. The van der Waals surface area contributed by atoms with Gasteiger partial charge in [0.1, 0.15) is 0 Å². The van der Waals surface area contributed by atoms with Gasteiger partial charge in [-0.25, -0.2) is 4.79 Å². The number of pyridine rings is 1. The van der Waals surface area contributed by atoms with E-state index < -0.39 is 5.97 Å². The number of rotatable bonds is 3. The monoisotopic (exact) mass is 190 g/mol. The molecule has 0 spiro atoms. The molecule has 0 radical (unpaired) electrons. The topological polar surface area (TPSA) is 52.5 Å². The van der Waals surface area contributed by atoms with Crippen molar-refractivity contribution in [3.05, 3.63) is 36.0 Å². The molecule has 0 aromatic carbocycles. The maximum Gasteiger partial charge on any atom is 0.411 e.